The van der Waals surface area contributed by atoms with Crippen molar-refractivity contribution in [1.82, 2.24) is 30.4 Å². The van der Waals surface area contributed by atoms with Crippen LogP contribution in [0.2, 0.25) is 0 Å². The summed E-state index contributed by atoms with van der Waals surface area (Å²) in [4.78, 5) is 0. The Balaban J connectivity index is 2.45. The Morgan fingerprint density at radius 3 is 2.52 bits per heavy atom. The fourth-order valence-electron chi connectivity index (χ4n) is 2.00. The fraction of sp³-hybridized carbons (Fsp3) is 0.538. The van der Waals surface area contributed by atoms with Crippen LogP contribution in [0.5, 0.6) is 0 Å². The van der Waals surface area contributed by atoms with Gasteiger partial charge in [0.1, 0.15) is 11.1 Å². The summed E-state index contributed by atoms with van der Waals surface area (Å²) in [5.74, 6) is 0. The third-order valence-electron chi connectivity index (χ3n) is 3.07. The lowest BCUT2D eigenvalue weighted by Crippen LogP contribution is -2.07. The van der Waals surface area contributed by atoms with Crippen molar-refractivity contribution in [2.45, 2.75) is 56.8 Å². The fourth-order valence-corrected chi connectivity index (χ4v) is 2.95. The molecule has 7 nitrogen and oxygen atoms in total. The Hall–Kier alpha value is -2.01. The van der Waals surface area contributed by atoms with Gasteiger partial charge in [-0.2, -0.15) is 10.4 Å². The summed E-state index contributed by atoms with van der Waals surface area (Å²) in [5, 5.41) is 30.7. The first-order valence-electron chi connectivity index (χ1n) is 6.86. The molecule has 110 valence electrons. The summed E-state index contributed by atoms with van der Waals surface area (Å²) < 4.78 is 1.70. The monoisotopic (exact) mass is 303 g/mol. The summed E-state index contributed by atoms with van der Waals surface area (Å²) in [6, 6.07) is 2.39. The van der Waals surface area contributed by atoms with E-state index in [1.165, 1.54) is 11.8 Å². The number of aromatic nitrogens is 6. The second-order valence-electron chi connectivity index (χ2n) is 4.73. The SMILES string of the molecule is CCc1nnc(Sc2nnnn2C(C)C)c(C#N)c1CC. The quantitative estimate of drug-likeness (QED) is 0.835. The molecule has 2 heterocycles. The van der Waals surface area contributed by atoms with Gasteiger partial charge in [-0.25, -0.2) is 4.68 Å². The predicted octanol–water partition coefficient (Wildman–Crippen LogP) is 2.19. The summed E-state index contributed by atoms with van der Waals surface area (Å²) in [6.07, 6.45) is 1.52. The van der Waals surface area contributed by atoms with E-state index in [9.17, 15) is 5.26 Å². The largest absolute Gasteiger partial charge is 0.218 e. The average Bonchev–Trinajstić information content (AvgIpc) is 2.94. The van der Waals surface area contributed by atoms with E-state index in [2.05, 4.69) is 31.8 Å². The van der Waals surface area contributed by atoms with E-state index in [0.29, 0.717) is 15.7 Å². The number of tetrazole rings is 1. The maximum absolute atomic E-state index is 9.47. The molecule has 0 atom stereocenters. The molecular weight excluding hydrogens is 286 g/mol. The molecule has 0 saturated carbocycles. The van der Waals surface area contributed by atoms with E-state index < -0.39 is 0 Å². The van der Waals surface area contributed by atoms with Crippen LogP contribution in [0.1, 0.15) is 50.6 Å². The Kier molecular flexibility index (Phi) is 4.85. The number of aryl methyl sites for hydroxylation is 1. The van der Waals surface area contributed by atoms with E-state index in [4.69, 9.17) is 0 Å². The lowest BCUT2D eigenvalue weighted by atomic mass is 10.1. The molecule has 8 heteroatoms. The maximum atomic E-state index is 9.47. The molecule has 2 rings (SSSR count). The topological polar surface area (TPSA) is 93.2 Å². The Morgan fingerprint density at radius 1 is 1.19 bits per heavy atom. The van der Waals surface area contributed by atoms with Crippen molar-refractivity contribution in [3.8, 4) is 6.07 Å². The number of rotatable bonds is 5. The van der Waals surface area contributed by atoms with Gasteiger partial charge < -0.3 is 0 Å². The van der Waals surface area contributed by atoms with Crippen LogP contribution < -0.4 is 0 Å². The Morgan fingerprint density at radius 2 is 1.95 bits per heavy atom. The molecule has 0 aromatic carbocycles. The molecule has 0 N–H and O–H groups in total. The molecule has 0 fully saturated rings. The van der Waals surface area contributed by atoms with Crippen LogP contribution in [-0.4, -0.2) is 30.4 Å². The Labute approximate surface area is 127 Å². The van der Waals surface area contributed by atoms with Crippen LogP contribution >= 0.6 is 11.8 Å². The number of nitrogens with zero attached hydrogens (tertiary/aromatic N) is 7. The summed E-state index contributed by atoms with van der Waals surface area (Å²) in [7, 11) is 0. The van der Waals surface area contributed by atoms with Gasteiger partial charge in [-0.1, -0.05) is 13.8 Å². The minimum atomic E-state index is 0.140. The standard InChI is InChI=1S/C13H17N7S/c1-5-9-10(7-14)12(16-15-11(9)6-2)21-13-17-18-19-20(13)8(3)4/h8H,5-6H2,1-4H3. The molecular formula is C13H17N7S. The molecule has 21 heavy (non-hydrogen) atoms. The van der Waals surface area contributed by atoms with Crippen molar-refractivity contribution in [3.63, 3.8) is 0 Å². The lowest BCUT2D eigenvalue weighted by molar-refractivity contribution is 0.477. The molecule has 0 amide bonds. The summed E-state index contributed by atoms with van der Waals surface area (Å²) in [5.41, 5.74) is 2.41. The van der Waals surface area contributed by atoms with Crippen LogP contribution in [0.15, 0.2) is 10.2 Å². The highest BCUT2D eigenvalue weighted by Crippen LogP contribution is 2.30. The minimum Gasteiger partial charge on any atom is -0.218 e. The van der Waals surface area contributed by atoms with Crippen LogP contribution in [0, 0.1) is 11.3 Å². The van der Waals surface area contributed by atoms with Gasteiger partial charge >= 0.3 is 0 Å². The van der Waals surface area contributed by atoms with E-state index in [-0.39, 0.29) is 6.04 Å². The summed E-state index contributed by atoms with van der Waals surface area (Å²) >= 11 is 1.28. The highest BCUT2D eigenvalue weighted by molar-refractivity contribution is 7.99. The second kappa shape index (κ2) is 6.63. The van der Waals surface area contributed by atoms with Crippen molar-refractivity contribution in [1.29, 1.82) is 5.26 Å². The lowest BCUT2D eigenvalue weighted by Gasteiger charge is -2.10. The smallest absolute Gasteiger partial charge is 0.215 e. The van der Waals surface area contributed by atoms with Crippen molar-refractivity contribution >= 4 is 11.8 Å². The van der Waals surface area contributed by atoms with E-state index in [0.717, 1.165) is 24.1 Å². The molecule has 0 unspecified atom stereocenters. The molecule has 2 aromatic rings. The average molecular weight is 303 g/mol. The highest BCUT2D eigenvalue weighted by Gasteiger charge is 2.18. The van der Waals surface area contributed by atoms with Gasteiger partial charge in [0, 0.05) is 0 Å². The third kappa shape index (κ3) is 3.03. The van der Waals surface area contributed by atoms with Crippen molar-refractivity contribution in [2.75, 3.05) is 0 Å². The molecule has 0 aliphatic heterocycles. The van der Waals surface area contributed by atoms with Crippen LogP contribution in [-0.2, 0) is 12.8 Å². The van der Waals surface area contributed by atoms with E-state index in [1.807, 2.05) is 27.7 Å². The van der Waals surface area contributed by atoms with Gasteiger partial charge in [-0.05, 0) is 54.4 Å². The third-order valence-corrected chi connectivity index (χ3v) is 4.00. The van der Waals surface area contributed by atoms with Gasteiger partial charge in [0.25, 0.3) is 0 Å². The van der Waals surface area contributed by atoms with Crippen molar-refractivity contribution in [2.24, 2.45) is 0 Å². The first-order valence-corrected chi connectivity index (χ1v) is 7.68. The molecule has 0 aliphatic carbocycles. The van der Waals surface area contributed by atoms with Crippen LogP contribution in [0.3, 0.4) is 0 Å². The number of hydrogen-bond acceptors (Lipinski definition) is 7. The molecule has 2 aromatic heterocycles. The Bertz CT molecular complexity index is 672. The summed E-state index contributed by atoms with van der Waals surface area (Å²) in [6.45, 7) is 8.02. The molecule has 0 bridgehead atoms. The molecule has 0 aliphatic rings. The first kappa shape index (κ1) is 15.4. The van der Waals surface area contributed by atoms with Crippen LogP contribution in [0.4, 0.5) is 0 Å². The predicted molar refractivity (Wildman–Crippen MR) is 77.8 cm³/mol. The van der Waals surface area contributed by atoms with E-state index in [1.54, 1.807) is 4.68 Å². The minimum absolute atomic E-state index is 0.140. The second-order valence-corrected chi connectivity index (χ2v) is 5.68. The van der Waals surface area contributed by atoms with Gasteiger partial charge in [-0.3, -0.25) is 0 Å². The molecule has 0 spiro atoms. The van der Waals surface area contributed by atoms with Gasteiger partial charge in [0.15, 0.2) is 0 Å². The van der Waals surface area contributed by atoms with Gasteiger partial charge in [0.05, 0.1) is 17.3 Å². The highest BCUT2D eigenvalue weighted by atomic mass is 32.2. The normalized spacial score (nSPS) is 10.9. The number of hydrogen-bond donors (Lipinski definition) is 0. The van der Waals surface area contributed by atoms with Crippen LogP contribution in [0.25, 0.3) is 0 Å². The van der Waals surface area contributed by atoms with Crippen molar-refractivity contribution < 1.29 is 0 Å². The molecule has 0 saturated heterocycles. The zero-order valence-electron chi connectivity index (χ0n) is 12.5. The van der Waals surface area contributed by atoms with E-state index >= 15 is 0 Å². The zero-order valence-corrected chi connectivity index (χ0v) is 13.3. The zero-order chi connectivity index (χ0) is 15.4. The molecule has 0 radical (unpaired) electrons. The maximum Gasteiger partial charge on any atom is 0.215 e. The van der Waals surface area contributed by atoms with Gasteiger partial charge in [0.2, 0.25) is 5.16 Å². The van der Waals surface area contributed by atoms with Crippen molar-refractivity contribution in [3.05, 3.63) is 16.8 Å². The number of nitriles is 1. The first-order chi connectivity index (χ1) is 10.1. The van der Waals surface area contributed by atoms with Gasteiger partial charge in [-0.15, -0.1) is 10.2 Å².